The van der Waals surface area contributed by atoms with Gasteiger partial charge >= 0.3 is 0 Å². The Morgan fingerprint density at radius 2 is 1.89 bits per heavy atom. The first kappa shape index (κ1) is 25.2. The molecule has 1 N–H and O–H groups in total. The van der Waals surface area contributed by atoms with Crippen LogP contribution in [0.2, 0.25) is 5.02 Å². The average Bonchev–Trinajstić information content (AvgIpc) is 3.56. The lowest BCUT2D eigenvalue weighted by atomic mass is 10.0. The number of benzene rings is 1. The van der Waals surface area contributed by atoms with E-state index in [0.29, 0.717) is 27.9 Å². The fourth-order valence-corrected chi connectivity index (χ4v) is 3.75. The lowest BCUT2D eigenvalue weighted by Crippen LogP contribution is -2.49. The zero-order valence-electron chi connectivity index (χ0n) is 20.4. The first-order chi connectivity index (χ1) is 17.1. The third-order valence-corrected chi connectivity index (χ3v) is 5.41. The third kappa shape index (κ3) is 6.19. The molecule has 11 heteroatoms. The second kappa shape index (κ2) is 10.4. The van der Waals surface area contributed by atoms with Gasteiger partial charge in [-0.25, -0.2) is 0 Å². The highest BCUT2D eigenvalue weighted by Gasteiger charge is 2.34. The molecule has 10 nitrogen and oxygen atoms in total. The minimum atomic E-state index is -0.963. The zero-order chi connectivity index (χ0) is 25.9. The highest BCUT2D eigenvalue weighted by molar-refractivity contribution is 6.30. The van der Waals surface area contributed by atoms with Crippen LogP contribution in [0, 0.1) is 6.92 Å². The molecule has 0 saturated carbocycles. The molecule has 0 aliphatic heterocycles. The number of tetrazole rings is 1. The molecular formula is C25H27ClN6O4. The maximum atomic E-state index is 13.7. The molecule has 0 bridgehead atoms. The van der Waals surface area contributed by atoms with Crippen LogP contribution in [0.1, 0.15) is 43.9 Å². The van der Waals surface area contributed by atoms with Crippen molar-refractivity contribution < 1.29 is 18.4 Å². The zero-order valence-corrected chi connectivity index (χ0v) is 21.2. The molecular weight excluding hydrogens is 484 g/mol. The van der Waals surface area contributed by atoms with Crippen molar-refractivity contribution >= 4 is 23.4 Å². The number of furan rings is 2. The minimum absolute atomic E-state index is 0.0512. The molecule has 0 radical (unpaired) electrons. The number of aromatic nitrogens is 4. The van der Waals surface area contributed by atoms with Gasteiger partial charge in [-0.2, -0.15) is 4.80 Å². The molecule has 0 saturated heterocycles. The van der Waals surface area contributed by atoms with Crippen molar-refractivity contribution in [1.82, 2.24) is 30.4 Å². The molecule has 0 spiro atoms. The SMILES string of the molecule is Cc1ccc(-c2nnn(CC(=O)N(Cc3ccco3)[C@@H](C(=O)NC(C)(C)C)c3ccc(Cl)cc3)n2)o1. The summed E-state index contributed by atoms with van der Waals surface area (Å²) in [5.74, 6) is 1.18. The number of aryl methyl sites for hydroxylation is 1. The second-order valence-electron chi connectivity index (χ2n) is 9.35. The largest absolute Gasteiger partial charge is 0.467 e. The summed E-state index contributed by atoms with van der Waals surface area (Å²) >= 11 is 6.09. The number of nitrogens with zero attached hydrogens (tertiary/aromatic N) is 5. The standard InChI is InChI=1S/C25H27ClN6O4/c1-16-7-12-20(36-16)23-28-30-32(29-23)15-21(33)31(14-19-6-5-13-35-19)22(24(34)27-25(2,3)4)17-8-10-18(26)11-9-17/h5-13,22H,14-15H2,1-4H3,(H,27,34)/t22-/m1/s1. The van der Waals surface area contributed by atoms with Crippen molar-refractivity contribution in [3.05, 3.63) is 76.9 Å². The molecule has 1 aromatic carbocycles. The first-order valence-corrected chi connectivity index (χ1v) is 11.7. The van der Waals surface area contributed by atoms with Crippen LogP contribution >= 0.6 is 11.6 Å². The summed E-state index contributed by atoms with van der Waals surface area (Å²) in [4.78, 5) is 29.8. The van der Waals surface area contributed by atoms with Gasteiger partial charge in [0.25, 0.3) is 0 Å². The van der Waals surface area contributed by atoms with E-state index in [9.17, 15) is 9.59 Å². The maximum absolute atomic E-state index is 13.7. The van der Waals surface area contributed by atoms with Gasteiger partial charge in [0.1, 0.15) is 24.1 Å². The van der Waals surface area contributed by atoms with Crippen LogP contribution in [0.4, 0.5) is 0 Å². The smallest absolute Gasteiger partial charge is 0.247 e. The van der Waals surface area contributed by atoms with Gasteiger partial charge in [-0.3, -0.25) is 9.59 Å². The summed E-state index contributed by atoms with van der Waals surface area (Å²) in [7, 11) is 0. The van der Waals surface area contributed by atoms with Crippen LogP contribution in [0.5, 0.6) is 0 Å². The van der Waals surface area contributed by atoms with Gasteiger partial charge in [0.2, 0.25) is 17.6 Å². The number of hydrogen-bond acceptors (Lipinski definition) is 7. The fraction of sp³-hybridized carbons (Fsp3) is 0.320. The van der Waals surface area contributed by atoms with E-state index in [2.05, 4.69) is 20.7 Å². The van der Waals surface area contributed by atoms with Gasteiger partial charge in [0.05, 0.1) is 12.8 Å². The average molecular weight is 511 g/mol. The van der Waals surface area contributed by atoms with Gasteiger partial charge in [0.15, 0.2) is 5.76 Å². The van der Waals surface area contributed by atoms with Crippen LogP contribution < -0.4 is 5.32 Å². The van der Waals surface area contributed by atoms with Gasteiger partial charge in [-0.05, 0) is 74.9 Å². The van der Waals surface area contributed by atoms with E-state index in [1.165, 1.54) is 16.0 Å². The van der Waals surface area contributed by atoms with E-state index in [0.717, 1.165) is 0 Å². The lowest BCUT2D eigenvalue weighted by molar-refractivity contribution is -0.143. The van der Waals surface area contributed by atoms with E-state index in [1.54, 1.807) is 48.5 Å². The molecule has 188 valence electrons. The van der Waals surface area contributed by atoms with Crippen LogP contribution in [-0.2, 0) is 22.7 Å². The minimum Gasteiger partial charge on any atom is -0.467 e. The van der Waals surface area contributed by atoms with E-state index in [1.807, 2.05) is 27.7 Å². The summed E-state index contributed by atoms with van der Waals surface area (Å²) in [6.45, 7) is 7.23. The van der Waals surface area contributed by atoms with Crippen molar-refractivity contribution in [2.24, 2.45) is 0 Å². The van der Waals surface area contributed by atoms with Gasteiger partial charge in [-0.1, -0.05) is 23.7 Å². The number of nitrogens with one attached hydrogen (secondary N) is 1. The molecule has 0 aliphatic carbocycles. The molecule has 0 fully saturated rings. The van der Waals surface area contributed by atoms with Gasteiger partial charge in [-0.15, -0.1) is 10.2 Å². The fourth-order valence-electron chi connectivity index (χ4n) is 3.63. The number of rotatable bonds is 8. The van der Waals surface area contributed by atoms with Gasteiger partial charge < -0.3 is 19.1 Å². The Morgan fingerprint density at radius 3 is 2.50 bits per heavy atom. The summed E-state index contributed by atoms with van der Waals surface area (Å²) in [5.41, 5.74) is 0.0735. The number of carbonyl (C=O) groups is 2. The molecule has 3 aromatic heterocycles. The Bertz CT molecular complexity index is 1320. The molecule has 4 rings (SSSR count). The van der Waals surface area contributed by atoms with E-state index in [4.69, 9.17) is 20.4 Å². The summed E-state index contributed by atoms with van der Waals surface area (Å²) < 4.78 is 11.0. The second-order valence-corrected chi connectivity index (χ2v) is 9.78. The van der Waals surface area contributed by atoms with Crippen LogP contribution in [0.25, 0.3) is 11.6 Å². The molecule has 3 heterocycles. The van der Waals surface area contributed by atoms with E-state index < -0.39 is 17.5 Å². The highest BCUT2D eigenvalue weighted by atomic mass is 35.5. The Labute approximate surface area is 213 Å². The third-order valence-electron chi connectivity index (χ3n) is 5.16. The molecule has 0 unspecified atom stereocenters. The first-order valence-electron chi connectivity index (χ1n) is 11.3. The van der Waals surface area contributed by atoms with Crippen molar-refractivity contribution in [1.29, 1.82) is 0 Å². The normalized spacial score (nSPS) is 12.4. The highest BCUT2D eigenvalue weighted by Crippen LogP contribution is 2.27. The quantitative estimate of drug-likeness (QED) is 0.377. The number of hydrogen-bond donors (Lipinski definition) is 1. The number of amides is 2. The Hall–Kier alpha value is -3.92. The van der Waals surface area contributed by atoms with Crippen molar-refractivity contribution in [2.45, 2.75) is 52.4 Å². The summed E-state index contributed by atoms with van der Waals surface area (Å²) in [6.07, 6.45) is 1.51. The molecule has 36 heavy (non-hydrogen) atoms. The summed E-state index contributed by atoms with van der Waals surface area (Å²) in [6, 6.07) is 12.8. The Kier molecular flexibility index (Phi) is 7.25. The summed E-state index contributed by atoms with van der Waals surface area (Å²) in [5, 5.41) is 15.8. The van der Waals surface area contributed by atoms with Crippen molar-refractivity contribution in [3.8, 4) is 11.6 Å². The molecule has 0 aliphatic rings. The predicted octanol–water partition coefficient (Wildman–Crippen LogP) is 4.17. The van der Waals surface area contributed by atoms with Gasteiger partial charge in [0, 0.05) is 10.6 Å². The monoisotopic (exact) mass is 510 g/mol. The molecule has 1 atom stereocenters. The van der Waals surface area contributed by atoms with Crippen LogP contribution in [0.3, 0.4) is 0 Å². The number of carbonyl (C=O) groups excluding carboxylic acids is 2. The lowest BCUT2D eigenvalue weighted by Gasteiger charge is -2.33. The van der Waals surface area contributed by atoms with Crippen molar-refractivity contribution in [2.75, 3.05) is 0 Å². The Balaban J connectivity index is 1.67. The predicted molar refractivity (Wildman–Crippen MR) is 132 cm³/mol. The maximum Gasteiger partial charge on any atom is 0.247 e. The Morgan fingerprint density at radius 1 is 1.14 bits per heavy atom. The van der Waals surface area contributed by atoms with E-state index >= 15 is 0 Å². The topological polar surface area (TPSA) is 119 Å². The molecule has 4 aromatic rings. The van der Waals surface area contributed by atoms with E-state index in [-0.39, 0.29) is 24.8 Å². The van der Waals surface area contributed by atoms with Crippen LogP contribution in [-0.4, -0.2) is 42.5 Å². The van der Waals surface area contributed by atoms with Crippen molar-refractivity contribution in [3.63, 3.8) is 0 Å². The number of halogens is 1. The molecule has 2 amide bonds. The van der Waals surface area contributed by atoms with Crippen LogP contribution in [0.15, 0.2) is 63.6 Å².